The van der Waals surface area contributed by atoms with Gasteiger partial charge in [0, 0.05) is 6.07 Å². The molecule has 2 aromatic rings. The summed E-state index contributed by atoms with van der Waals surface area (Å²) in [6.07, 6.45) is -4.72. The van der Waals surface area contributed by atoms with Gasteiger partial charge in [-0.1, -0.05) is 5.16 Å². The first-order valence-electron chi connectivity index (χ1n) is 5.39. The third-order valence-electron chi connectivity index (χ3n) is 2.71. The van der Waals surface area contributed by atoms with Crippen LogP contribution in [0.4, 0.5) is 13.2 Å². The number of carbonyl (C=O) groups excluding carboxylic acids is 1. The minimum atomic E-state index is -4.72. The Hall–Kier alpha value is -2.32. The molecule has 0 saturated heterocycles. The van der Waals surface area contributed by atoms with Gasteiger partial charge in [0.2, 0.25) is 5.71 Å². The summed E-state index contributed by atoms with van der Waals surface area (Å²) in [5.74, 6) is -0.790. The fraction of sp³-hybridized carbons (Fsp3) is 0.364. The Labute approximate surface area is 109 Å². The van der Waals surface area contributed by atoms with E-state index in [0.29, 0.717) is 6.07 Å². The molecule has 20 heavy (non-hydrogen) atoms. The molecule has 2 heterocycles. The largest absolute Gasteiger partial charge is 0.468 e. The van der Waals surface area contributed by atoms with Gasteiger partial charge in [-0.3, -0.25) is 14.2 Å². The van der Waals surface area contributed by atoms with Gasteiger partial charge in [-0.2, -0.15) is 13.2 Å². The van der Waals surface area contributed by atoms with Crippen molar-refractivity contribution in [3.05, 3.63) is 27.7 Å². The highest BCUT2D eigenvalue weighted by atomic mass is 19.4. The Bertz CT molecular complexity index is 730. The summed E-state index contributed by atoms with van der Waals surface area (Å²) in [5, 5.41) is 3.07. The summed E-state index contributed by atoms with van der Waals surface area (Å²) in [6, 6.07) is 0.412. The van der Waals surface area contributed by atoms with Crippen LogP contribution in [0.15, 0.2) is 15.4 Å². The fourth-order valence-electron chi connectivity index (χ4n) is 1.79. The van der Waals surface area contributed by atoms with Crippen molar-refractivity contribution in [2.45, 2.75) is 19.6 Å². The van der Waals surface area contributed by atoms with Crippen LogP contribution in [0.1, 0.15) is 11.3 Å². The fourth-order valence-corrected chi connectivity index (χ4v) is 1.79. The van der Waals surface area contributed by atoms with Gasteiger partial charge in [-0.05, 0) is 6.92 Å². The summed E-state index contributed by atoms with van der Waals surface area (Å²) >= 11 is 0. The second-order valence-corrected chi connectivity index (χ2v) is 4.00. The summed E-state index contributed by atoms with van der Waals surface area (Å²) in [6.45, 7) is 0.757. The molecule has 0 amide bonds. The average molecular weight is 290 g/mol. The summed E-state index contributed by atoms with van der Waals surface area (Å²) < 4.78 is 48.6. The number of alkyl halides is 3. The molecule has 0 aliphatic carbocycles. The van der Waals surface area contributed by atoms with Gasteiger partial charge in [0.1, 0.15) is 6.54 Å². The second-order valence-electron chi connectivity index (χ2n) is 4.00. The molecule has 0 aromatic carbocycles. The molecule has 108 valence electrons. The molecule has 0 bridgehead atoms. The molecule has 0 aliphatic heterocycles. The highest BCUT2D eigenvalue weighted by molar-refractivity contribution is 5.82. The number of rotatable bonds is 2. The number of aromatic nitrogens is 2. The number of halogens is 3. The van der Waals surface area contributed by atoms with Crippen LogP contribution in [0.2, 0.25) is 0 Å². The number of aryl methyl sites for hydroxylation is 1. The van der Waals surface area contributed by atoms with Gasteiger partial charge in [0.15, 0.2) is 0 Å². The monoisotopic (exact) mass is 290 g/mol. The van der Waals surface area contributed by atoms with E-state index < -0.39 is 35.5 Å². The molecule has 0 saturated carbocycles. The SMILES string of the molecule is COC(=O)Cn1c(=O)cc(C(F)(F)F)c2c(C)noc21. The first-order valence-corrected chi connectivity index (χ1v) is 5.39. The summed E-state index contributed by atoms with van der Waals surface area (Å²) in [5.41, 5.74) is -2.59. The number of carbonyl (C=O) groups is 1. The van der Waals surface area contributed by atoms with Gasteiger partial charge >= 0.3 is 12.1 Å². The molecular weight excluding hydrogens is 281 g/mol. The zero-order valence-corrected chi connectivity index (χ0v) is 10.4. The number of nitrogens with zero attached hydrogens (tertiary/aromatic N) is 2. The van der Waals surface area contributed by atoms with Crippen LogP contribution in [0, 0.1) is 6.92 Å². The normalized spacial score (nSPS) is 11.8. The zero-order chi connectivity index (χ0) is 15.1. The molecule has 2 rings (SSSR count). The predicted octanol–water partition coefficient (Wildman–Crippen LogP) is 1.49. The van der Waals surface area contributed by atoms with Crippen molar-refractivity contribution < 1.29 is 27.2 Å². The van der Waals surface area contributed by atoms with Crippen molar-refractivity contribution in [2.24, 2.45) is 0 Å². The Morgan fingerprint density at radius 1 is 1.50 bits per heavy atom. The van der Waals surface area contributed by atoms with Crippen LogP contribution < -0.4 is 5.56 Å². The van der Waals surface area contributed by atoms with E-state index in [2.05, 4.69) is 9.89 Å². The van der Waals surface area contributed by atoms with Crippen LogP contribution in [0.25, 0.3) is 11.1 Å². The van der Waals surface area contributed by atoms with E-state index in [1.165, 1.54) is 6.92 Å². The van der Waals surface area contributed by atoms with Crippen LogP contribution in [-0.2, 0) is 22.3 Å². The van der Waals surface area contributed by atoms with Crippen molar-refractivity contribution in [1.82, 2.24) is 9.72 Å². The van der Waals surface area contributed by atoms with Crippen LogP contribution in [-0.4, -0.2) is 22.8 Å². The smallest absolute Gasteiger partial charge is 0.417 e. The molecule has 9 heteroatoms. The van der Waals surface area contributed by atoms with E-state index in [1.54, 1.807) is 0 Å². The molecular formula is C11H9F3N2O4. The number of methoxy groups -OCH3 is 1. The lowest BCUT2D eigenvalue weighted by Crippen LogP contribution is -2.26. The van der Waals surface area contributed by atoms with Crippen molar-refractivity contribution in [1.29, 1.82) is 0 Å². The Morgan fingerprint density at radius 2 is 2.15 bits per heavy atom. The zero-order valence-electron chi connectivity index (χ0n) is 10.4. The standard InChI is InChI=1S/C11H9F3N2O4/c1-5-9-6(11(12,13)14)3-7(17)16(4-8(18)19-2)10(9)20-15-5/h3H,4H2,1-2H3. The molecule has 0 aliphatic rings. The molecule has 0 atom stereocenters. The number of ether oxygens (including phenoxy) is 1. The predicted molar refractivity (Wildman–Crippen MR) is 60.0 cm³/mol. The Kier molecular flexibility index (Phi) is 3.28. The van der Waals surface area contributed by atoms with E-state index in [4.69, 9.17) is 4.52 Å². The van der Waals surface area contributed by atoms with E-state index in [-0.39, 0.29) is 11.1 Å². The van der Waals surface area contributed by atoms with E-state index in [1.807, 2.05) is 0 Å². The third-order valence-corrected chi connectivity index (χ3v) is 2.71. The molecule has 0 fully saturated rings. The summed E-state index contributed by atoms with van der Waals surface area (Å²) in [7, 11) is 1.10. The number of pyridine rings is 1. The minimum Gasteiger partial charge on any atom is -0.468 e. The highest BCUT2D eigenvalue weighted by Crippen LogP contribution is 2.35. The number of fused-ring (bicyclic) bond motifs is 1. The molecule has 0 unspecified atom stereocenters. The number of hydrogen-bond donors (Lipinski definition) is 0. The van der Waals surface area contributed by atoms with Crippen molar-refractivity contribution in [3.63, 3.8) is 0 Å². The lowest BCUT2D eigenvalue weighted by Gasteiger charge is -2.10. The number of esters is 1. The third kappa shape index (κ3) is 2.26. The van der Waals surface area contributed by atoms with Gasteiger partial charge in [-0.25, -0.2) is 0 Å². The molecule has 0 radical (unpaired) electrons. The van der Waals surface area contributed by atoms with Gasteiger partial charge in [-0.15, -0.1) is 0 Å². The van der Waals surface area contributed by atoms with E-state index >= 15 is 0 Å². The maximum absolute atomic E-state index is 12.9. The summed E-state index contributed by atoms with van der Waals surface area (Å²) in [4.78, 5) is 22.9. The topological polar surface area (TPSA) is 74.3 Å². The van der Waals surface area contributed by atoms with Crippen LogP contribution in [0.5, 0.6) is 0 Å². The number of hydrogen-bond acceptors (Lipinski definition) is 5. The second kappa shape index (κ2) is 4.66. The van der Waals surface area contributed by atoms with E-state index in [0.717, 1.165) is 11.7 Å². The maximum atomic E-state index is 12.9. The molecule has 6 nitrogen and oxygen atoms in total. The lowest BCUT2D eigenvalue weighted by atomic mass is 10.1. The molecule has 0 N–H and O–H groups in total. The maximum Gasteiger partial charge on any atom is 0.417 e. The average Bonchev–Trinajstić information content (AvgIpc) is 2.73. The van der Waals surface area contributed by atoms with Gasteiger partial charge < -0.3 is 9.26 Å². The Balaban J connectivity index is 2.78. The van der Waals surface area contributed by atoms with E-state index in [9.17, 15) is 22.8 Å². The molecule has 2 aromatic heterocycles. The van der Waals surface area contributed by atoms with Crippen molar-refractivity contribution in [3.8, 4) is 0 Å². The minimum absolute atomic E-state index is 0.0223. The lowest BCUT2D eigenvalue weighted by molar-refractivity contribution is -0.141. The van der Waals surface area contributed by atoms with Crippen molar-refractivity contribution in [2.75, 3.05) is 7.11 Å². The van der Waals surface area contributed by atoms with Crippen LogP contribution in [0.3, 0.4) is 0 Å². The van der Waals surface area contributed by atoms with Gasteiger partial charge in [0.05, 0.1) is 23.8 Å². The molecule has 0 spiro atoms. The van der Waals surface area contributed by atoms with Crippen LogP contribution >= 0.6 is 0 Å². The Morgan fingerprint density at radius 3 is 2.70 bits per heavy atom. The first kappa shape index (κ1) is 14.1. The quantitative estimate of drug-likeness (QED) is 0.783. The highest BCUT2D eigenvalue weighted by Gasteiger charge is 2.36. The van der Waals surface area contributed by atoms with Gasteiger partial charge in [0.25, 0.3) is 5.56 Å². The van der Waals surface area contributed by atoms with Crippen molar-refractivity contribution >= 4 is 17.1 Å². The first-order chi connectivity index (χ1) is 9.25.